The fourth-order valence-corrected chi connectivity index (χ4v) is 4.31. The second-order valence-corrected chi connectivity index (χ2v) is 7.38. The van der Waals surface area contributed by atoms with Crippen LogP contribution in [0.2, 0.25) is 0 Å². The summed E-state index contributed by atoms with van der Waals surface area (Å²) in [7, 11) is 0. The second-order valence-electron chi connectivity index (χ2n) is 7.38. The minimum Gasteiger partial charge on any atom is -0.508 e. The summed E-state index contributed by atoms with van der Waals surface area (Å²) in [6.07, 6.45) is 0.161. The molecule has 2 N–H and O–H groups in total. The normalized spacial score (nSPS) is 16.9. The molecule has 1 aliphatic heterocycles. The van der Waals surface area contributed by atoms with Crippen LogP contribution in [0.1, 0.15) is 35.1 Å². The maximum Gasteiger partial charge on any atom is 0.407 e. The molecule has 3 aromatic carbocycles. The zero-order valence-corrected chi connectivity index (χ0v) is 15.8. The predicted molar refractivity (Wildman–Crippen MR) is 109 cm³/mol. The zero-order valence-electron chi connectivity index (χ0n) is 15.8. The van der Waals surface area contributed by atoms with E-state index in [0.29, 0.717) is 18.8 Å². The summed E-state index contributed by atoms with van der Waals surface area (Å²) in [5.74, 6) is 0.853. The molecule has 5 rings (SSSR count). The van der Waals surface area contributed by atoms with E-state index < -0.39 is 6.09 Å². The van der Waals surface area contributed by atoms with E-state index in [1.54, 1.807) is 18.2 Å². The number of alkyl carbamates (subject to hydrolysis) is 1. The number of phenols is 1. The number of hydrogen-bond acceptors (Lipinski definition) is 4. The van der Waals surface area contributed by atoms with Gasteiger partial charge in [0.2, 0.25) is 0 Å². The van der Waals surface area contributed by atoms with Gasteiger partial charge in [0.1, 0.15) is 18.1 Å². The highest BCUT2D eigenvalue weighted by Crippen LogP contribution is 2.44. The average molecular weight is 387 g/mol. The van der Waals surface area contributed by atoms with Gasteiger partial charge in [-0.1, -0.05) is 48.5 Å². The Morgan fingerprint density at radius 1 is 1.00 bits per heavy atom. The van der Waals surface area contributed by atoms with Crippen molar-refractivity contribution in [2.45, 2.75) is 18.4 Å². The van der Waals surface area contributed by atoms with Gasteiger partial charge in [0.15, 0.2) is 0 Å². The number of aromatic hydroxyl groups is 1. The maximum atomic E-state index is 12.6. The largest absolute Gasteiger partial charge is 0.508 e. The molecule has 0 fully saturated rings. The van der Waals surface area contributed by atoms with Crippen molar-refractivity contribution in [1.29, 1.82) is 0 Å². The smallest absolute Gasteiger partial charge is 0.407 e. The molecule has 146 valence electrons. The Kier molecular flexibility index (Phi) is 4.35. The van der Waals surface area contributed by atoms with Crippen LogP contribution >= 0.6 is 0 Å². The minimum absolute atomic E-state index is 0.0270. The standard InChI is InChI=1S/C24H21NO4/c26-15-9-10-23-20(13-15)22(11-12-28-23)25-24(27)29-14-21-18-7-3-1-5-16(18)17-6-2-4-8-19(17)21/h1-10,13,21-22,26H,11-12,14H2,(H,25,27)/t22-/m1/s1. The van der Waals surface area contributed by atoms with Crippen LogP contribution in [-0.4, -0.2) is 24.4 Å². The van der Waals surface area contributed by atoms with Crippen molar-refractivity contribution in [2.24, 2.45) is 0 Å². The first-order valence-electron chi connectivity index (χ1n) is 9.78. The maximum absolute atomic E-state index is 12.6. The van der Waals surface area contributed by atoms with Crippen molar-refractivity contribution in [3.8, 4) is 22.6 Å². The Bertz CT molecular complexity index is 1030. The summed E-state index contributed by atoms with van der Waals surface area (Å²) < 4.78 is 11.2. The zero-order chi connectivity index (χ0) is 19.8. The van der Waals surface area contributed by atoms with Gasteiger partial charge in [-0.3, -0.25) is 0 Å². The Morgan fingerprint density at radius 3 is 2.41 bits per heavy atom. The molecule has 2 aliphatic rings. The lowest BCUT2D eigenvalue weighted by molar-refractivity contribution is 0.135. The van der Waals surface area contributed by atoms with E-state index in [0.717, 1.165) is 5.56 Å². The summed E-state index contributed by atoms with van der Waals surface area (Å²) in [5.41, 5.74) is 5.53. The molecule has 0 radical (unpaired) electrons. The van der Waals surface area contributed by atoms with E-state index in [4.69, 9.17) is 9.47 Å². The van der Waals surface area contributed by atoms with Crippen molar-refractivity contribution in [3.63, 3.8) is 0 Å². The number of phenolic OH excluding ortho intramolecular Hbond substituents is 1. The molecule has 5 nitrogen and oxygen atoms in total. The van der Waals surface area contributed by atoms with E-state index in [-0.39, 0.29) is 24.3 Å². The number of amides is 1. The molecule has 1 aliphatic carbocycles. The Morgan fingerprint density at radius 2 is 1.69 bits per heavy atom. The van der Waals surface area contributed by atoms with Crippen LogP contribution in [0.4, 0.5) is 4.79 Å². The molecule has 5 heteroatoms. The summed E-state index contributed by atoms with van der Waals surface area (Å²) in [4.78, 5) is 12.6. The van der Waals surface area contributed by atoms with Crippen LogP contribution in [0.5, 0.6) is 11.5 Å². The van der Waals surface area contributed by atoms with Gasteiger partial charge in [-0.05, 0) is 40.5 Å². The number of hydrogen-bond donors (Lipinski definition) is 2. The molecule has 1 atom stereocenters. The molecule has 29 heavy (non-hydrogen) atoms. The first kappa shape index (κ1) is 17.6. The fraction of sp³-hybridized carbons (Fsp3) is 0.208. The van der Waals surface area contributed by atoms with Gasteiger partial charge < -0.3 is 19.9 Å². The van der Waals surface area contributed by atoms with E-state index in [1.165, 1.54) is 22.3 Å². The molecule has 0 saturated carbocycles. The first-order chi connectivity index (χ1) is 14.2. The van der Waals surface area contributed by atoms with Crippen molar-refractivity contribution in [3.05, 3.63) is 83.4 Å². The molecule has 0 unspecified atom stereocenters. The second kappa shape index (κ2) is 7.17. The molecule has 3 aromatic rings. The van der Waals surface area contributed by atoms with Crippen LogP contribution in [-0.2, 0) is 4.74 Å². The van der Waals surface area contributed by atoms with Crippen LogP contribution in [0.25, 0.3) is 11.1 Å². The highest BCUT2D eigenvalue weighted by Gasteiger charge is 2.30. The quantitative estimate of drug-likeness (QED) is 0.680. The molecule has 0 spiro atoms. The minimum atomic E-state index is -0.465. The molecule has 1 heterocycles. The lowest BCUT2D eigenvalue weighted by Gasteiger charge is -2.26. The SMILES string of the molecule is O=C(N[C@@H]1CCOc2ccc(O)cc21)OCC1c2ccccc2-c2ccccc21. The van der Waals surface area contributed by atoms with Gasteiger partial charge in [-0.25, -0.2) is 4.79 Å². The van der Waals surface area contributed by atoms with Gasteiger partial charge in [-0.15, -0.1) is 0 Å². The third-order valence-electron chi connectivity index (χ3n) is 5.67. The highest BCUT2D eigenvalue weighted by atomic mass is 16.5. The number of benzene rings is 3. The van der Waals surface area contributed by atoms with Crippen molar-refractivity contribution < 1.29 is 19.4 Å². The number of fused-ring (bicyclic) bond motifs is 4. The van der Waals surface area contributed by atoms with Gasteiger partial charge in [0.05, 0.1) is 12.6 Å². The molecule has 0 aromatic heterocycles. The van der Waals surface area contributed by atoms with Crippen molar-refractivity contribution >= 4 is 6.09 Å². The lowest BCUT2D eigenvalue weighted by atomic mass is 9.98. The van der Waals surface area contributed by atoms with E-state index in [9.17, 15) is 9.90 Å². The summed E-state index contributed by atoms with van der Waals surface area (Å²) in [6.45, 7) is 0.780. The van der Waals surface area contributed by atoms with Gasteiger partial charge in [-0.2, -0.15) is 0 Å². The fourth-order valence-electron chi connectivity index (χ4n) is 4.31. The number of carbonyl (C=O) groups is 1. The average Bonchev–Trinajstić information content (AvgIpc) is 3.07. The third kappa shape index (κ3) is 3.18. The van der Waals surface area contributed by atoms with Crippen LogP contribution in [0.3, 0.4) is 0 Å². The number of rotatable bonds is 3. The van der Waals surface area contributed by atoms with Crippen molar-refractivity contribution in [1.82, 2.24) is 5.32 Å². The van der Waals surface area contributed by atoms with Gasteiger partial charge >= 0.3 is 6.09 Å². The molecule has 1 amide bonds. The van der Waals surface area contributed by atoms with E-state index in [2.05, 4.69) is 29.6 Å². The summed E-state index contributed by atoms with van der Waals surface area (Å²) in [6, 6.07) is 21.2. The van der Waals surface area contributed by atoms with E-state index in [1.807, 2.05) is 24.3 Å². The Hall–Kier alpha value is -3.47. The Balaban J connectivity index is 1.31. The summed E-state index contributed by atoms with van der Waals surface area (Å²) in [5, 5.41) is 12.7. The molecule has 0 bridgehead atoms. The summed E-state index contributed by atoms with van der Waals surface area (Å²) >= 11 is 0. The monoisotopic (exact) mass is 387 g/mol. The van der Waals surface area contributed by atoms with Gasteiger partial charge in [0.25, 0.3) is 0 Å². The lowest BCUT2D eigenvalue weighted by Crippen LogP contribution is -2.33. The van der Waals surface area contributed by atoms with Crippen molar-refractivity contribution in [2.75, 3.05) is 13.2 Å². The number of carbonyl (C=O) groups excluding carboxylic acids is 1. The van der Waals surface area contributed by atoms with E-state index >= 15 is 0 Å². The Labute approximate surface area is 168 Å². The van der Waals surface area contributed by atoms with Gasteiger partial charge in [0, 0.05) is 17.9 Å². The molecule has 0 saturated heterocycles. The van der Waals surface area contributed by atoms with Crippen LogP contribution in [0, 0.1) is 0 Å². The first-order valence-corrected chi connectivity index (χ1v) is 9.78. The predicted octanol–water partition coefficient (Wildman–Crippen LogP) is 4.75. The number of nitrogens with one attached hydrogen (secondary N) is 1. The molecular formula is C24H21NO4. The topological polar surface area (TPSA) is 67.8 Å². The molecular weight excluding hydrogens is 366 g/mol. The van der Waals surface area contributed by atoms with Crippen LogP contribution < -0.4 is 10.1 Å². The third-order valence-corrected chi connectivity index (χ3v) is 5.67. The number of ether oxygens (including phenoxy) is 2. The van der Waals surface area contributed by atoms with Crippen LogP contribution in [0.15, 0.2) is 66.7 Å². The highest BCUT2D eigenvalue weighted by molar-refractivity contribution is 5.79.